The van der Waals surface area contributed by atoms with Crippen molar-refractivity contribution in [1.29, 1.82) is 0 Å². The largest absolute Gasteiger partial charge is 0.0691 e. The van der Waals surface area contributed by atoms with Crippen LogP contribution in [0, 0.1) is 0 Å². The summed E-state index contributed by atoms with van der Waals surface area (Å²) in [6, 6.07) is 22.5. The van der Waals surface area contributed by atoms with E-state index >= 15 is 0 Å². The first-order valence-electron chi connectivity index (χ1n) is 8.31. The molecule has 0 fully saturated rings. The quantitative estimate of drug-likeness (QED) is 0.565. The number of hydrogen-bond acceptors (Lipinski definition) is 0. The van der Waals surface area contributed by atoms with Gasteiger partial charge in [-0.2, -0.15) is 0 Å². The van der Waals surface area contributed by atoms with Crippen LogP contribution in [0.25, 0.3) is 0 Å². The molecular formula is C20H30Si2. The van der Waals surface area contributed by atoms with Crippen LogP contribution in [0.4, 0.5) is 0 Å². The van der Waals surface area contributed by atoms with Gasteiger partial charge in [0.05, 0.1) is 16.1 Å². The van der Waals surface area contributed by atoms with Gasteiger partial charge in [0.25, 0.3) is 0 Å². The van der Waals surface area contributed by atoms with Crippen molar-refractivity contribution in [3.8, 4) is 0 Å². The third kappa shape index (κ3) is 3.99. The molecule has 0 unspecified atom stereocenters. The van der Waals surface area contributed by atoms with Gasteiger partial charge in [0.15, 0.2) is 0 Å². The van der Waals surface area contributed by atoms with Crippen LogP contribution in [-0.4, -0.2) is 16.1 Å². The Labute approximate surface area is 138 Å². The molecule has 0 amide bonds. The molecular weight excluding hydrogens is 296 g/mol. The SMILES string of the molecule is C[Si](C)(C)[C@H](c1ccccc1)[C@@H](c1ccccc1)[Si](C)(C)C. The maximum absolute atomic E-state index is 2.53. The molecule has 22 heavy (non-hydrogen) atoms. The molecule has 0 N–H and O–H groups in total. The summed E-state index contributed by atoms with van der Waals surface area (Å²) < 4.78 is 0. The zero-order valence-electron chi connectivity index (χ0n) is 14.9. The van der Waals surface area contributed by atoms with Crippen LogP contribution < -0.4 is 0 Å². The zero-order chi connectivity index (χ0) is 16.4. The lowest BCUT2D eigenvalue weighted by molar-refractivity contribution is 0.809. The Kier molecular flexibility index (Phi) is 5.13. The maximum Gasteiger partial charge on any atom is 0.0525 e. The fourth-order valence-electron chi connectivity index (χ4n) is 3.71. The minimum Gasteiger partial charge on any atom is -0.0691 e. The third-order valence-corrected chi connectivity index (χ3v) is 9.92. The third-order valence-electron chi connectivity index (χ3n) is 4.52. The van der Waals surface area contributed by atoms with E-state index in [9.17, 15) is 0 Å². The molecule has 2 aromatic rings. The Bertz CT molecular complexity index is 521. The van der Waals surface area contributed by atoms with Crippen molar-refractivity contribution in [2.24, 2.45) is 0 Å². The van der Waals surface area contributed by atoms with E-state index in [-0.39, 0.29) is 0 Å². The highest BCUT2D eigenvalue weighted by Crippen LogP contribution is 2.44. The fraction of sp³-hybridized carbons (Fsp3) is 0.400. The Hall–Kier alpha value is -1.13. The molecule has 2 aromatic carbocycles. The van der Waals surface area contributed by atoms with Gasteiger partial charge in [-0.3, -0.25) is 0 Å². The second kappa shape index (κ2) is 6.55. The van der Waals surface area contributed by atoms with Crippen molar-refractivity contribution in [1.82, 2.24) is 0 Å². The minimum absolute atomic E-state index is 0.683. The molecule has 2 atom stereocenters. The van der Waals surface area contributed by atoms with Gasteiger partial charge in [-0.1, -0.05) is 99.9 Å². The van der Waals surface area contributed by atoms with Crippen LogP contribution in [0.2, 0.25) is 39.3 Å². The summed E-state index contributed by atoms with van der Waals surface area (Å²) in [4.78, 5) is 0. The first-order chi connectivity index (χ1) is 10.2. The lowest BCUT2D eigenvalue weighted by Gasteiger charge is -2.43. The Morgan fingerprint density at radius 1 is 0.500 bits per heavy atom. The van der Waals surface area contributed by atoms with Gasteiger partial charge in [0.2, 0.25) is 0 Å². The van der Waals surface area contributed by atoms with Crippen LogP contribution in [0.5, 0.6) is 0 Å². The molecule has 0 nitrogen and oxygen atoms in total. The molecule has 0 aromatic heterocycles. The van der Waals surface area contributed by atoms with Crippen LogP contribution >= 0.6 is 0 Å². The highest BCUT2D eigenvalue weighted by atomic mass is 28.3. The van der Waals surface area contributed by atoms with E-state index in [0.717, 1.165) is 0 Å². The summed E-state index contributed by atoms with van der Waals surface area (Å²) in [5.41, 5.74) is 4.45. The average molecular weight is 327 g/mol. The van der Waals surface area contributed by atoms with Crippen molar-refractivity contribution in [2.75, 3.05) is 0 Å². The molecule has 0 aliphatic heterocycles. The van der Waals surface area contributed by atoms with Gasteiger partial charge >= 0.3 is 0 Å². The van der Waals surface area contributed by atoms with Gasteiger partial charge in [-0.15, -0.1) is 0 Å². The van der Waals surface area contributed by atoms with Crippen LogP contribution in [-0.2, 0) is 0 Å². The predicted octanol–water partition coefficient (Wildman–Crippen LogP) is 6.31. The number of rotatable bonds is 5. The summed E-state index contributed by atoms with van der Waals surface area (Å²) in [7, 11) is -2.70. The lowest BCUT2D eigenvalue weighted by atomic mass is 10.0. The normalized spacial score (nSPS) is 15.4. The van der Waals surface area contributed by atoms with E-state index in [0.29, 0.717) is 11.1 Å². The van der Waals surface area contributed by atoms with E-state index in [4.69, 9.17) is 0 Å². The van der Waals surface area contributed by atoms with Gasteiger partial charge < -0.3 is 0 Å². The molecule has 0 bridgehead atoms. The van der Waals surface area contributed by atoms with Crippen LogP contribution in [0.3, 0.4) is 0 Å². The Morgan fingerprint density at radius 3 is 1.00 bits per heavy atom. The summed E-state index contributed by atoms with van der Waals surface area (Å²) in [6.07, 6.45) is 0. The van der Waals surface area contributed by atoms with Crippen LogP contribution in [0.15, 0.2) is 60.7 Å². The molecule has 0 heterocycles. The standard InChI is InChI=1S/C20H30Si2/c1-21(2,3)19(17-13-9-7-10-14-17)20(22(4,5)6)18-15-11-8-12-16-18/h7-16,19-20H,1-6H3/t19-,20-/m1/s1. The Balaban J connectivity index is 2.60. The van der Waals surface area contributed by atoms with Crippen molar-refractivity contribution < 1.29 is 0 Å². The summed E-state index contributed by atoms with van der Waals surface area (Å²) >= 11 is 0. The molecule has 0 aliphatic carbocycles. The topological polar surface area (TPSA) is 0 Å². The highest BCUT2D eigenvalue weighted by molar-refractivity contribution is 6.83. The second-order valence-corrected chi connectivity index (χ2v) is 19.2. The highest BCUT2D eigenvalue weighted by Gasteiger charge is 2.42. The van der Waals surface area contributed by atoms with Gasteiger partial charge in [0, 0.05) is 0 Å². The van der Waals surface area contributed by atoms with E-state index in [1.54, 1.807) is 0 Å². The molecule has 0 radical (unpaired) electrons. The molecule has 0 saturated carbocycles. The molecule has 0 aliphatic rings. The van der Waals surface area contributed by atoms with Gasteiger partial charge in [0.1, 0.15) is 0 Å². The van der Waals surface area contributed by atoms with Gasteiger partial charge in [-0.25, -0.2) is 0 Å². The van der Waals surface area contributed by atoms with Crippen molar-refractivity contribution in [3.05, 3.63) is 71.8 Å². The molecule has 2 heteroatoms. The average Bonchev–Trinajstić information content (AvgIpc) is 2.44. The number of benzene rings is 2. The zero-order valence-corrected chi connectivity index (χ0v) is 16.9. The molecule has 118 valence electrons. The fourth-order valence-corrected chi connectivity index (χ4v) is 11.5. The van der Waals surface area contributed by atoms with E-state index in [1.165, 1.54) is 11.1 Å². The van der Waals surface area contributed by atoms with E-state index in [2.05, 4.69) is 99.9 Å². The smallest absolute Gasteiger partial charge is 0.0525 e. The monoisotopic (exact) mass is 326 g/mol. The van der Waals surface area contributed by atoms with Crippen molar-refractivity contribution in [2.45, 2.75) is 50.4 Å². The van der Waals surface area contributed by atoms with Gasteiger partial charge in [-0.05, 0) is 22.2 Å². The van der Waals surface area contributed by atoms with Crippen molar-refractivity contribution >= 4 is 16.1 Å². The second-order valence-electron chi connectivity index (χ2n) is 8.51. The predicted molar refractivity (Wildman–Crippen MR) is 105 cm³/mol. The minimum atomic E-state index is -1.35. The molecule has 0 spiro atoms. The molecule has 0 saturated heterocycles. The first-order valence-corrected chi connectivity index (χ1v) is 15.5. The van der Waals surface area contributed by atoms with Crippen LogP contribution in [0.1, 0.15) is 22.2 Å². The first kappa shape index (κ1) is 17.2. The summed E-state index contributed by atoms with van der Waals surface area (Å²) in [5.74, 6) is 0. The van der Waals surface area contributed by atoms with E-state index in [1.807, 2.05) is 0 Å². The maximum atomic E-state index is 2.53. The summed E-state index contributed by atoms with van der Waals surface area (Å²) in [5, 5.41) is 0. The Morgan fingerprint density at radius 2 is 0.773 bits per heavy atom. The van der Waals surface area contributed by atoms with Crippen molar-refractivity contribution in [3.63, 3.8) is 0 Å². The van der Waals surface area contributed by atoms with E-state index < -0.39 is 16.1 Å². The lowest BCUT2D eigenvalue weighted by Crippen LogP contribution is -2.45. The summed E-state index contributed by atoms with van der Waals surface area (Å²) in [6.45, 7) is 15.2. The molecule has 2 rings (SSSR count). The number of hydrogen-bond donors (Lipinski definition) is 0.